The van der Waals surface area contributed by atoms with Gasteiger partial charge in [0.1, 0.15) is 6.20 Å². The Kier molecular flexibility index (Phi) is 3.70. The average Bonchev–Trinajstić information content (AvgIpc) is 2.28. The number of hydrogen-bond acceptors (Lipinski definition) is 6. The monoisotopic (exact) mass is 240 g/mol. The van der Waals surface area contributed by atoms with Crippen LogP contribution < -0.4 is 4.74 Å². The van der Waals surface area contributed by atoms with Gasteiger partial charge in [-0.05, 0) is 0 Å². The zero-order valence-corrected chi connectivity index (χ0v) is 8.74. The van der Waals surface area contributed by atoms with Crippen LogP contribution in [0.4, 0.5) is 5.69 Å². The molecular formula is C9H8N2O6. The molecule has 0 saturated carbocycles. The second-order valence-corrected chi connectivity index (χ2v) is 3.02. The minimum Gasteiger partial charge on any atom is -0.481 e. The summed E-state index contributed by atoms with van der Waals surface area (Å²) in [6.07, 6.45) is 0.341. The largest absolute Gasteiger partial charge is 0.481 e. The summed E-state index contributed by atoms with van der Waals surface area (Å²) in [6, 6.07) is 1.17. The first-order valence-corrected chi connectivity index (χ1v) is 4.39. The van der Waals surface area contributed by atoms with Crippen LogP contribution in [0.15, 0.2) is 12.3 Å². The summed E-state index contributed by atoms with van der Waals surface area (Å²) in [5, 5.41) is 19.1. The highest BCUT2D eigenvalue weighted by atomic mass is 16.6. The maximum Gasteiger partial charge on any atom is 0.372 e. The Hall–Kier alpha value is -2.51. The van der Waals surface area contributed by atoms with E-state index in [1.54, 1.807) is 0 Å². The number of rotatable bonds is 5. The van der Waals surface area contributed by atoms with Crippen molar-refractivity contribution in [1.29, 1.82) is 0 Å². The number of ether oxygens (including phenoxy) is 1. The van der Waals surface area contributed by atoms with Gasteiger partial charge in [0.25, 0.3) is 5.69 Å². The van der Waals surface area contributed by atoms with Crippen LogP contribution in [0.3, 0.4) is 0 Å². The number of aromatic nitrogens is 1. The third kappa shape index (κ3) is 2.97. The van der Waals surface area contributed by atoms with Crippen molar-refractivity contribution < 1.29 is 24.4 Å². The van der Waals surface area contributed by atoms with Crippen LogP contribution >= 0.6 is 0 Å². The molecule has 0 bridgehead atoms. The number of nitro groups is 1. The van der Waals surface area contributed by atoms with Gasteiger partial charge in [-0.2, -0.15) is 0 Å². The molecule has 90 valence electrons. The van der Waals surface area contributed by atoms with E-state index in [2.05, 4.69) is 4.98 Å². The fourth-order valence-corrected chi connectivity index (χ4v) is 1.13. The summed E-state index contributed by atoms with van der Waals surface area (Å²) >= 11 is 0. The molecule has 0 saturated heterocycles. The van der Waals surface area contributed by atoms with E-state index in [0.29, 0.717) is 0 Å². The number of ketones is 1. The first kappa shape index (κ1) is 12.6. The van der Waals surface area contributed by atoms with E-state index in [1.165, 1.54) is 13.2 Å². The van der Waals surface area contributed by atoms with Crippen LogP contribution in [0, 0.1) is 10.1 Å². The van der Waals surface area contributed by atoms with Crippen molar-refractivity contribution in [3.63, 3.8) is 0 Å². The molecule has 0 aromatic carbocycles. The molecule has 8 heteroatoms. The average molecular weight is 240 g/mol. The van der Waals surface area contributed by atoms with Gasteiger partial charge < -0.3 is 9.84 Å². The van der Waals surface area contributed by atoms with E-state index >= 15 is 0 Å². The normalized spacial score (nSPS) is 9.71. The molecular weight excluding hydrogens is 232 g/mol. The molecule has 17 heavy (non-hydrogen) atoms. The van der Waals surface area contributed by atoms with Crippen LogP contribution in [0.1, 0.15) is 5.56 Å². The lowest BCUT2D eigenvalue weighted by Gasteiger charge is -2.03. The molecule has 8 nitrogen and oxygen atoms in total. The predicted molar refractivity (Wildman–Crippen MR) is 53.8 cm³/mol. The van der Waals surface area contributed by atoms with Gasteiger partial charge in [0.05, 0.1) is 18.5 Å². The molecule has 0 spiro atoms. The van der Waals surface area contributed by atoms with Gasteiger partial charge in [-0.1, -0.05) is 0 Å². The molecule has 0 atom stereocenters. The number of carbonyl (C=O) groups excluding carboxylic acids is 1. The second kappa shape index (κ2) is 5.01. The van der Waals surface area contributed by atoms with Crippen LogP contribution in [0.2, 0.25) is 0 Å². The van der Waals surface area contributed by atoms with Crippen molar-refractivity contribution in [3.8, 4) is 5.88 Å². The Morgan fingerprint density at radius 2 is 2.24 bits per heavy atom. The Bertz CT molecular complexity index is 484. The van der Waals surface area contributed by atoms with Gasteiger partial charge in [-0.15, -0.1) is 0 Å². The Morgan fingerprint density at radius 1 is 1.59 bits per heavy atom. The number of carboxylic acid groups (broad SMARTS) is 1. The molecule has 0 aliphatic carbocycles. The Labute approximate surface area is 95.0 Å². The summed E-state index contributed by atoms with van der Waals surface area (Å²) in [5.41, 5.74) is -0.463. The van der Waals surface area contributed by atoms with Crippen LogP contribution in [-0.2, 0) is 16.0 Å². The second-order valence-electron chi connectivity index (χ2n) is 3.02. The molecule has 0 unspecified atom stereocenters. The molecule has 0 radical (unpaired) electrons. The van der Waals surface area contributed by atoms with E-state index in [1.807, 2.05) is 0 Å². The smallest absolute Gasteiger partial charge is 0.372 e. The van der Waals surface area contributed by atoms with Crippen LogP contribution in [-0.4, -0.2) is 33.9 Å². The number of nitrogens with zero attached hydrogens (tertiary/aromatic N) is 2. The highest BCUT2D eigenvalue weighted by Crippen LogP contribution is 2.21. The van der Waals surface area contributed by atoms with Crippen molar-refractivity contribution in [2.75, 3.05) is 7.11 Å². The van der Waals surface area contributed by atoms with Gasteiger partial charge >= 0.3 is 5.97 Å². The number of pyridine rings is 1. The molecule has 1 N–H and O–H groups in total. The standard InChI is InChI=1S/C9H8N2O6/c1-17-8-3-5(2-7(12)9(13)14)6(4-10-8)11(15)16/h3-4H,2H2,1H3,(H,13,14). The zero-order valence-electron chi connectivity index (χ0n) is 8.74. The van der Waals surface area contributed by atoms with E-state index in [-0.39, 0.29) is 11.4 Å². The van der Waals surface area contributed by atoms with Crippen molar-refractivity contribution in [3.05, 3.63) is 27.9 Å². The fraction of sp³-hybridized carbons (Fsp3) is 0.222. The molecule has 1 rings (SSSR count). The maximum absolute atomic E-state index is 11.0. The molecule has 1 aromatic heterocycles. The number of methoxy groups -OCH3 is 1. The lowest BCUT2D eigenvalue weighted by Crippen LogP contribution is -2.16. The molecule has 0 amide bonds. The summed E-state index contributed by atoms with van der Waals surface area (Å²) in [4.78, 5) is 34.9. The molecule has 0 aliphatic rings. The van der Waals surface area contributed by atoms with Crippen molar-refractivity contribution in [2.45, 2.75) is 6.42 Å². The third-order valence-electron chi connectivity index (χ3n) is 1.94. The fourth-order valence-electron chi connectivity index (χ4n) is 1.13. The first-order chi connectivity index (χ1) is 7.95. The zero-order chi connectivity index (χ0) is 13.0. The van der Waals surface area contributed by atoms with E-state index in [0.717, 1.165) is 6.20 Å². The Morgan fingerprint density at radius 3 is 2.71 bits per heavy atom. The minimum absolute atomic E-state index is 0.0470. The van der Waals surface area contributed by atoms with Crippen LogP contribution in [0.25, 0.3) is 0 Å². The molecule has 0 aliphatic heterocycles. The molecule has 1 heterocycles. The first-order valence-electron chi connectivity index (χ1n) is 4.39. The topological polar surface area (TPSA) is 120 Å². The number of carbonyl (C=O) groups is 2. The quantitative estimate of drug-likeness (QED) is 0.443. The van der Waals surface area contributed by atoms with E-state index in [9.17, 15) is 19.7 Å². The van der Waals surface area contributed by atoms with Crippen molar-refractivity contribution in [1.82, 2.24) is 4.98 Å². The van der Waals surface area contributed by atoms with Crippen LogP contribution in [0.5, 0.6) is 5.88 Å². The van der Waals surface area contributed by atoms with E-state index in [4.69, 9.17) is 9.84 Å². The Balaban J connectivity index is 3.13. The summed E-state index contributed by atoms with van der Waals surface area (Å²) in [5.74, 6) is -2.71. The van der Waals surface area contributed by atoms with Gasteiger partial charge in [-0.25, -0.2) is 9.78 Å². The number of aliphatic carboxylic acids is 1. The van der Waals surface area contributed by atoms with Gasteiger partial charge in [-0.3, -0.25) is 14.9 Å². The summed E-state index contributed by atoms with van der Waals surface area (Å²) in [7, 11) is 1.30. The van der Waals surface area contributed by atoms with E-state index < -0.39 is 28.8 Å². The van der Waals surface area contributed by atoms with Gasteiger partial charge in [0.15, 0.2) is 0 Å². The number of hydrogen-bond donors (Lipinski definition) is 1. The molecule has 0 fully saturated rings. The SMILES string of the molecule is COc1cc(CC(=O)C(=O)O)c([N+](=O)[O-])cn1. The third-order valence-corrected chi connectivity index (χ3v) is 1.94. The molecule has 1 aromatic rings. The maximum atomic E-state index is 11.0. The highest BCUT2D eigenvalue weighted by Gasteiger charge is 2.21. The van der Waals surface area contributed by atoms with Crippen molar-refractivity contribution in [2.24, 2.45) is 0 Å². The lowest BCUT2D eigenvalue weighted by atomic mass is 10.1. The number of Topliss-reactive ketones (excluding diaryl/α,β-unsaturated/α-hetero) is 1. The van der Waals surface area contributed by atoms with Crippen molar-refractivity contribution >= 4 is 17.4 Å². The van der Waals surface area contributed by atoms with Gasteiger partial charge in [0, 0.05) is 11.6 Å². The highest BCUT2D eigenvalue weighted by molar-refractivity contribution is 6.33. The summed E-state index contributed by atoms with van der Waals surface area (Å²) < 4.78 is 4.74. The minimum atomic E-state index is -1.64. The predicted octanol–water partition coefficient (Wildman–Crippen LogP) is 0.195. The van der Waals surface area contributed by atoms with Gasteiger partial charge in [0.2, 0.25) is 11.7 Å². The summed E-state index contributed by atoms with van der Waals surface area (Å²) in [6.45, 7) is 0. The number of carboxylic acids is 1. The lowest BCUT2D eigenvalue weighted by molar-refractivity contribution is -0.385.